The lowest BCUT2D eigenvalue weighted by atomic mass is 10.0. The third-order valence-electron chi connectivity index (χ3n) is 11.9. The van der Waals surface area contributed by atoms with Gasteiger partial charge in [-0.05, 0) is 89.9 Å². The van der Waals surface area contributed by atoms with Gasteiger partial charge in [-0.3, -0.25) is 14.4 Å². The molecule has 0 amide bonds. The summed E-state index contributed by atoms with van der Waals surface area (Å²) >= 11 is 0. The number of ether oxygens (including phenoxy) is 3. The normalized spacial score (nSPS) is 12.7. The van der Waals surface area contributed by atoms with Crippen molar-refractivity contribution in [2.45, 2.75) is 271 Å². The van der Waals surface area contributed by atoms with Crippen LogP contribution in [0, 0.1) is 0 Å². The molecule has 6 heteroatoms. The summed E-state index contributed by atoms with van der Waals surface area (Å²) < 4.78 is 16.8. The second kappa shape index (κ2) is 55.2. The molecule has 0 aromatic rings. The first kappa shape index (κ1) is 63.6. The van der Waals surface area contributed by atoms with E-state index in [-0.39, 0.29) is 31.1 Å². The van der Waals surface area contributed by atoms with Gasteiger partial charge in [-0.1, -0.05) is 241 Å². The van der Waals surface area contributed by atoms with E-state index in [0.717, 1.165) is 103 Å². The summed E-state index contributed by atoms with van der Waals surface area (Å²) in [5.41, 5.74) is 0. The number of hydrogen-bond donors (Lipinski definition) is 0. The smallest absolute Gasteiger partial charge is 0.306 e. The van der Waals surface area contributed by atoms with E-state index < -0.39 is 6.10 Å². The lowest BCUT2D eigenvalue weighted by molar-refractivity contribution is -0.167. The van der Waals surface area contributed by atoms with Crippen LogP contribution in [0.4, 0.5) is 0 Å². The molecule has 0 N–H and O–H groups in total. The van der Waals surface area contributed by atoms with E-state index in [9.17, 15) is 14.4 Å². The molecule has 67 heavy (non-hydrogen) atoms. The van der Waals surface area contributed by atoms with Crippen LogP contribution >= 0.6 is 0 Å². The molecule has 1 unspecified atom stereocenters. The Bertz CT molecular complexity index is 1300. The van der Waals surface area contributed by atoms with E-state index >= 15 is 0 Å². The molecule has 384 valence electrons. The number of unbranched alkanes of at least 4 members (excludes halogenated alkanes) is 25. The Morgan fingerprint density at radius 3 is 1.00 bits per heavy atom. The van der Waals surface area contributed by atoms with Gasteiger partial charge in [0.05, 0.1) is 0 Å². The molecule has 0 spiro atoms. The molecule has 0 aliphatic carbocycles. The van der Waals surface area contributed by atoms with Crippen molar-refractivity contribution in [1.29, 1.82) is 0 Å². The van der Waals surface area contributed by atoms with Crippen molar-refractivity contribution in [2.24, 2.45) is 0 Å². The fourth-order valence-electron chi connectivity index (χ4n) is 7.66. The van der Waals surface area contributed by atoms with E-state index in [2.05, 4.69) is 106 Å². The standard InChI is InChI=1S/C61H104O6/c1-4-7-10-13-16-19-22-24-26-28-29-30-31-33-34-36-39-42-45-48-51-54-60(63)66-57-58(56-65-59(62)53-50-47-44-41-38-21-18-15-12-9-6-3)67-61(64)55-52-49-46-43-40-37-35-32-27-25-23-20-17-14-11-8-5-2/h7,10,15-16,18-19,24,26,29-30,33-34,39,42,58H,4-6,8-9,11-14,17,20-23,25,27-28,31-32,35-38,40-41,43-57H2,1-3H3/b10-7-,18-15-,19-16-,26-24-,30-29-,34-33-,42-39-. The molecular formula is C61H104O6. The van der Waals surface area contributed by atoms with Gasteiger partial charge in [0.2, 0.25) is 0 Å². The quantitative estimate of drug-likeness (QED) is 0.0262. The topological polar surface area (TPSA) is 78.9 Å². The van der Waals surface area contributed by atoms with Crippen LogP contribution in [0.5, 0.6) is 0 Å². The number of carbonyl (C=O) groups excluding carboxylic acids is 3. The zero-order chi connectivity index (χ0) is 48.6. The largest absolute Gasteiger partial charge is 0.462 e. The highest BCUT2D eigenvalue weighted by Gasteiger charge is 2.19. The van der Waals surface area contributed by atoms with E-state index in [0.29, 0.717) is 19.3 Å². The van der Waals surface area contributed by atoms with Gasteiger partial charge < -0.3 is 14.2 Å². The first-order chi connectivity index (χ1) is 33.0. The molecule has 0 bridgehead atoms. The van der Waals surface area contributed by atoms with E-state index in [1.165, 1.54) is 122 Å². The maximum atomic E-state index is 12.8. The fourth-order valence-corrected chi connectivity index (χ4v) is 7.66. The van der Waals surface area contributed by atoms with E-state index in [1.54, 1.807) is 0 Å². The van der Waals surface area contributed by atoms with Crippen molar-refractivity contribution >= 4 is 17.9 Å². The number of hydrogen-bond acceptors (Lipinski definition) is 6. The Morgan fingerprint density at radius 1 is 0.313 bits per heavy atom. The molecule has 0 radical (unpaired) electrons. The first-order valence-corrected chi connectivity index (χ1v) is 28.1. The summed E-state index contributed by atoms with van der Waals surface area (Å²) in [7, 11) is 0. The van der Waals surface area contributed by atoms with Crippen molar-refractivity contribution in [2.75, 3.05) is 13.2 Å². The maximum absolute atomic E-state index is 12.8. The van der Waals surface area contributed by atoms with Crippen LogP contribution in [0.25, 0.3) is 0 Å². The van der Waals surface area contributed by atoms with Gasteiger partial charge in [0, 0.05) is 19.3 Å². The highest BCUT2D eigenvalue weighted by atomic mass is 16.6. The van der Waals surface area contributed by atoms with E-state index in [4.69, 9.17) is 14.2 Å². The zero-order valence-corrected chi connectivity index (χ0v) is 43.9. The molecular weight excluding hydrogens is 829 g/mol. The minimum Gasteiger partial charge on any atom is -0.462 e. The molecule has 0 saturated carbocycles. The Morgan fingerprint density at radius 2 is 0.597 bits per heavy atom. The Kier molecular flexibility index (Phi) is 52.4. The maximum Gasteiger partial charge on any atom is 0.306 e. The Balaban J connectivity index is 4.41. The van der Waals surface area contributed by atoms with Crippen molar-refractivity contribution in [3.05, 3.63) is 85.1 Å². The molecule has 0 aromatic heterocycles. The average molecular weight is 933 g/mol. The minimum atomic E-state index is -0.796. The van der Waals surface area contributed by atoms with Gasteiger partial charge in [-0.2, -0.15) is 0 Å². The fraction of sp³-hybridized carbons (Fsp3) is 0.721. The van der Waals surface area contributed by atoms with Gasteiger partial charge in [0.25, 0.3) is 0 Å². The minimum absolute atomic E-state index is 0.0933. The number of rotatable bonds is 50. The summed E-state index contributed by atoms with van der Waals surface area (Å²) in [5, 5.41) is 0. The predicted octanol–water partition coefficient (Wildman–Crippen LogP) is 18.8. The molecule has 1 atom stereocenters. The third-order valence-corrected chi connectivity index (χ3v) is 11.9. The SMILES string of the molecule is CC/C=C\C/C=C\C/C=C\C/C=C\C/C=C\C/C=C\CCCCC(=O)OCC(COC(=O)CCCCCCC/C=C\CCCC)OC(=O)CCCCCCCCCCCCCCCCCCC. The van der Waals surface area contributed by atoms with Crippen molar-refractivity contribution < 1.29 is 28.6 Å². The second-order valence-corrected chi connectivity index (χ2v) is 18.5. The van der Waals surface area contributed by atoms with Crippen LogP contribution in [-0.4, -0.2) is 37.2 Å². The molecule has 6 nitrogen and oxygen atoms in total. The summed E-state index contributed by atoms with van der Waals surface area (Å²) in [6, 6.07) is 0. The van der Waals surface area contributed by atoms with Gasteiger partial charge >= 0.3 is 17.9 Å². The highest BCUT2D eigenvalue weighted by molar-refractivity contribution is 5.71. The molecule has 0 heterocycles. The van der Waals surface area contributed by atoms with Crippen LogP contribution < -0.4 is 0 Å². The summed E-state index contributed by atoms with van der Waals surface area (Å²) in [4.78, 5) is 38.1. The first-order valence-electron chi connectivity index (χ1n) is 28.1. The van der Waals surface area contributed by atoms with Gasteiger partial charge in [-0.15, -0.1) is 0 Å². The summed E-state index contributed by atoms with van der Waals surface area (Å²) in [6.45, 7) is 6.46. The van der Waals surface area contributed by atoms with Crippen LogP contribution in [0.15, 0.2) is 85.1 Å². The molecule has 0 rings (SSSR count). The van der Waals surface area contributed by atoms with Crippen LogP contribution in [0.2, 0.25) is 0 Å². The van der Waals surface area contributed by atoms with Crippen molar-refractivity contribution in [3.63, 3.8) is 0 Å². The zero-order valence-electron chi connectivity index (χ0n) is 43.9. The third kappa shape index (κ3) is 53.4. The Labute approximate surface area is 414 Å². The molecule has 0 aliphatic rings. The Hall–Kier alpha value is -3.41. The molecule has 0 saturated heterocycles. The monoisotopic (exact) mass is 933 g/mol. The molecule has 0 aromatic carbocycles. The number of esters is 3. The van der Waals surface area contributed by atoms with Crippen LogP contribution in [-0.2, 0) is 28.6 Å². The number of allylic oxidation sites excluding steroid dienone is 14. The summed E-state index contributed by atoms with van der Waals surface area (Å²) in [5.74, 6) is -0.941. The average Bonchev–Trinajstić information content (AvgIpc) is 3.33. The molecule has 0 aliphatic heterocycles. The number of carbonyl (C=O) groups is 3. The van der Waals surface area contributed by atoms with Crippen LogP contribution in [0.1, 0.15) is 265 Å². The second-order valence-electron chi connectivity index (χ2n) is 18.5. The predicted molar refractivity (Wildman–Crippen MR) is 288 cm³/mol. The lowest BCUT2D eigenvalue weighted by Crippen LogP contribution is -2.30. The van der Waals surface area contributed by atoms with Crippen molar-refractivity contribution in [1.82, 2.24) is 0 Å². The van der Waals surface area contributed by atoms with Gasteiger partial charge in [0.1, 0.15) is 13.2 Å². The van der Waals surface area contributed by atoms with E-state index in [1.807, 2.05) is 0 Å². The van der Waals surface area contributed by atoms with Crippen LogP contribution in [0.3, 0.4) is 0 Å². The van der Waals surface area contributed by atoms with Gasteiger partial charge in [0.15, 0.2) is 6.10 Å². The summed E-state index contributed by atoms with van der Waals surface area (Å²) in [6.07, 6.45) is 71.5. The highest BCUT2D eigenvalue weighted by Crippen LogP contribution is 2.16. The van der Waals surface area contributed by atoms with Crippen molar-refractivity contribution in [3.8, 4) is 0 Å². The lowest BCUT2D eigenvalue weighted by Gasteiger charge is -2.18. The molecule has 0 fully saturated rings. The van der Waals surface area contributed by atoms with Gasteiger partial charge in [-0.25, -0.2) is 0 Å².